The summed E-state index contributed by atoms with van der Waals surface area (Å²) in [5.74, 6) is 0. The summed E-state index contributed by atoms with van der Waals surface area (Å²) < 4.78 is 0. The van der Waals surface area contributed by atoms with Crippen LogP contribution in [-0.4, -0.2) is 34.5 Å². The Morgan fingerprint density at radius 1 is 1.23 bits per heavy atom. The van der Waals surface area contributed by atoms with Gasteiger partial charge in [0.25, 0.3) is 0 Å². The highest BCUT2D eigenvalue weighted by molar-refractivity contribution is 7.13. The number of hydrogen-bond donors (Lipinski definition) is 1. The Bertz CT molecular complexity index is 819. The molecule has 3 aromatic rings. The van der Waals surface area contributed by atoms with E-state index in [9.17, 15) is 0 Å². The Labute approximate surface area is 164 Å². The van der Waals surface area contributed by atoms with Crippen LogP contribution in [0.4, 0.5) is 0 Å². The number of nitrogens with one attached hydrogen (secondary N) is 1. The van der Waals surface area contributed by atoms with E-state index in [1.165, 1.54) is 16.7 Å². The van der Waals surface area contributed by atoms with Crippen LogP contribution >= 0.6 is 23.7 Å². The fourth-order valence-corrected chi connectivity index (χ4v) is 4.07. The molecule has 1 aliphatic heterocycles. The van der Waals surface area contributed by atoms with Crippen LogP contribution in [0, 0.1) is 6.92 Å². The maximum atomic E-state index is 4.87. The van der Waals surface area contributed by atoms with Gasteiger partial charge in [0, 0.05) is 55.6 Å². The lowest BCUT2D eigenvalue weighted by atomic mass is 10.1. The minimum Gasteiger partial charge on any atom is -0.314 e. The number of rotatable bonds is 4. The molecule has 3 heterocycles. The quantitative estimate of drug-likeness (QED) is 0.733. The molecule has 2 aromatic heterocycles. The summed E-state index contributed by atoms with van der Waals surface area (Å²) in [6, 6.07) is 13.1. The highest BCUT2D eigenvalue weighted by Crippen LogP contribution is 2.27. The molecule has 0 saturated carbocycles. The van der Waals surface area contributed by atoms with E-state index < -0.39 is 0 Å². The van der Waals surface area contributed by atoms with Gasteiger partial charge in [-0.2, -0.15) is 0 Å². The molecule has 1 N–H and O–H groups in total. The Morgan fingerprint density at radius 3 is 2.85 bits per heavy atom. The summed E-state index contributed by atoms with van der Waals surface area (Å²) >= 11 is 1.73. The molecule has 4 rings (SSSR count). The van der Waals surface area contributed by atoms with Crippen LogP contribution in [0.2, 0.25) is 0 Å². The second kappa shape index (κ2) is 8.73. The molecule has 0 aliphatic carbocycles. The second-order valence-electron chi connectivity index (χ2n) is 6.49. The van der Waals surface area contributed by atoms with Crippen LogP contribution in [0.25, 0.3) is 10.6 Å². The highest BCUT2D eigenvalue weighted by atomic mass is 35.5. The van der Waals surface area contributed by atoms with Crippen LogP contribution in [-0.2, 0) is 6.54 Å². The lowest BCUT2D eigenvalue weighted by molar-refractivity contribution is 0.152. The van der Waals surface area contributed by atoms with E-state index in [-0.39, 0.29) is 12.4 Å². The van der Waals surface area contributed by atoms with E-state index in [4.69, 9.17) is 4.98 Å². The number of nitrogens with zero attached hydrogens (tertiary/aromatic N) is 3. The smallest absolute Gasteiger partial charge is 0.123 e. The molecule has 0 amide bonds. The lowest BCUT2D eigenvalue weighted by Gasteiger charge is -2.35. The number of halogens is 1. The van der Waals surface area contributed by atoms with Crippen molar-refractivity contribution >= 4 is 23.7 Å². The first-order chi connectivity index (χ1) is 12.3. The Balaban J connectivity index is 0.00000196. The average Bonchev–Trinajstić information content (AvgIpc) is 3.12. The Morgan fingerprint density at radius 2 is 2.08 bits per heavy atom. The van der Waals surface area contributed by atoms with E-state index in [0.29, 0.717) is 6.04 Å². The summed E-state index contributed by atoms with van der Waals surface area (Å²) in [5.41, 5.74) is 4.90. The molecule has 4 nitrogen and oxygen atoms in total. The monoisotopic (exact) mass is 386 g/mol. The third-order valence-corrected chi connectivity index (χ3v) is 5.58. The van der Waals surface area contributed by atoms with E-state index in [1.807, 2.05) is 18.5 Å². The van der Waals surface area contributed by atoms with Crippen molar-refractivity contribution in [1.29, 1.82) is 0 Å². The van der Waals surface area contributed by atoms with Gasteiger partial charge in [-0.3, -0.25) is 9.88 Å². The van der Waals surface area contributed by atoms with Crippen molar-refractivity contribution in [2.24, 2.45) is 0 Å². The van der Waals surface area contributed by atoms with Crippen molar-refractivity contribution in [1.82, 2.24) is 20.2 Å². The average molecular weight is 387 g/mol. The summed E-state index contributed by atoms with van der Waals surface area (Å²) in [5, 5.41) is 6.79. The predicted molar refractivity (Wildman–Crippen MR) is 110 cm³/mol. The SMILES string of the molecule is Cc1ccc(-c2nc(CN3CCNCC3c3cccnc3)cs2)cc1.Cl. The molecule has 136 valence electrons. The van der Waals surface area contributed by atoms with Crippen LogP contribution in [0.1, 0.15) is 22.9 Å². The summed E-state index contributed by atoms with van der Waals surface area (Å²) in [7, 11) is 0. The maximum absolute atomic E-state index is 4.87. The van der Waals surface area contributed by atoms with E-state index in [1.54, 1.807) is 11.3 Å². The fourth-order valence-electron chi connectivity index (χ4n) is 3.25. The Hall–Kier alpha value is -1.79. The molecule has 0 spiro atoms. The van der Waals surface area contributed by atoms with Crippen molar-refractivity contribution in [2.45, 2.75) is 19.5 Å². The first-order valence-electron chi connectivity index (χ1n) is 8.66. The lowest BCUT2D eigenvalue weighted by Crippen LogP contribution is -2.45. The topological polar surface area (TPSA) is 41.1 Å². The van der Waals surface area contributed by atoms with Gasteiger partial charge in [0.15, 0.2) is 0 Å². The molecule has 6 heteroatoms. The van der Waals surface area contributed by atoms with Gasteiger partial charge in [0.1, 0.15) is 5.01 Å². The zero-order valence-electron chi connectivity index (χ0n) is 14.8. The van der Waals surface area contributed by atoms with Gasteiger partial charge in [-0.1, -0.05) is 35.9 Å². The van der Waals surface area contributed by atoms with Crippen LogP contribution < -0.4 is 5.32 Å². The first kappa shape index (κ1) is 19.0. The number of piperazine rings is 1. The molecule has 1 aromatic carbocycles. The van der Waals surface area contributed by atoms with E-state index in [0.717, 1.165) is 36.9 Å². The molecule has 1 unspecified atom stereocenters. The van der Waals surface area contributed by atoms with Crippen molar-refractivity contribution in [2.75, 3.05) is 19.6 Å². The molecule has 1 aliphatic rings. The third kappa shape index (κ3) is 4.30. The van der Waals surface area contributed by atoms with Crippen molar-refractivity contribution in [3.05, 3.63) is 71.0 Å². The van der Waals surface area contributed by atoms with Gasteiger partial charge < -0.3 is 5.32 Å². The van der Waals surface area contributed by atoms with Crippen LogP contribution in [0.3, 0.4) is 0 Å². The number of thiazole rings is 1. The van der Waals surface area contributed by atoms with Gasteiger partial charge in [0.2, 0.25) is 0 Å². The van der Waals surface area contributed by atoms with E-state index >= 15 is 0 Å². The summed E-state index contributed by atoms with van der Waals surface area (Å²) in [6.07, 6.45) is 3.81. The largest absolute Gasteiger partial charge is 0.314 e. The van der Waals surface area contributed by atoms with Crippen molar-refractivity contribution in [3.63, 3.8) is 0 Å². The number of pyridine rings is 1. The van der Waals surface area contributed by atoms with Gasteiger partial charge in [-0.15, -0.1) is 23.7 Å². The van der Waals surface area contributed by atoms with Gasteiger partial charge in [0.05, 0.1) is 5.69 Å². The highest BCUT2D eigenvalue weighted by Gasteiger charge is 2.24. The molecular formula is C20H23ClN4S. The maximum Gasteiger partial charge on any atom is 0.123 e. The minimum atomic E-state index is 0. The van der Waals surface area contributed by atoms with E-state index in [2.05, 4.69) is 57.8 Å². The van der Waals surface area contributed by atoms with Gasteiger partial charge in [-0.05, 0) is 18.6 Å². The molecule has 26 heavy (non-hydrogen) atoms. The normalized spacial score (nSPS) is 17.7. The molecule has 1 fully saturated rings. The zero-order chi connectivity index (χ0) is 17.1. The molecule has 0 bridgehead atoms. The molecular weight excluding hydrogens is 364 g/mol. The predicted octanol–water partition coefficient (Wildman–Crippen LogP) is 4.08. The zero-order valence-corrected chi connectivity index (χ0v) is 16.4. The number of aryl methyl sites for hydroxylation is 1. The molecule has 0 radical (unpaired) electrons. The number of aromatic nitrogens is 2. The number of hydrogen-bond acceptors (Lipinski definition) is 5. The molecule has 1 saturated heterocycles. The van der Waals surface area contributed by atoms with Crippen LogP contribution in [0.15, 0.2) is 54.2 Å². The van der Waals surface area contributed by atoms with Crippen LogP contribution in [0.5, 0.6) is 0 Å². The van der Waals surface area contributed by atoms with Crippen molar-refractivity contribution < 1.29 is 0 Å². The molecule has 1 atom stereocenters. The Kier molecular flexibility index (Phi) is 6.38. The minimum absolute atomic E-state index is 0. The van der Waals surface area contributed by atoms with Crippen molar-refractivity contribution in [3.8, 4) is 10.6 Å². The third-order valence-electron chi connectivity index (χ3n) is 4.64. The second-order valence-corrected chi connectivity index (χ2v) is 7.34. The van der Waals surface area contributed by atoms with Gasteiger partial charge >= 0.3 is 0 Å². The van der Waals surface area contributed by atoms with Gasteiger partial charge in [-0.25, -0.2) is 4.98 Å². The first-order valence-corrected chi connectivity index (χ1v) is 9.54. The standard InChI is InChI=1S/C20H22N4S.ClH/c1-15-4-6-16(7-5-15)20-23-18(14-25-20)13-24-10-9-22-12-19(24)17-3-2-8-21-11-17;/h2-8,11,14,19,22H,9-10,12-13H2,1H3;1H. The fraction of sp³-hybridized carbons (Fsp3) is 0.300. The number of benzene rings is 1. The summed E-state index contributed by atoms with van der Waals surface area (Å²) in [6.45, 7) is 5.99. The summed E-state index contributed by atoms with van der Waals surface area (Å²) in [4.78, 5) is 11.7.